The number of hydrogen-bond acceptors (Lipinski definition) is 4. The first-order chi connectivity index (χ1) is 11.5. The molecule has 1 atom stereocenters. The minimum Gasteiger partial charge on any atom is -0.337 e. The van der Waals surface area contributed by atoms with Crippen LogP contribution in [0.25, 0.3) is 11.4 Å². The topological polar surface area (TPSA) is 59.2 Å². The summed E-state index contributed by atoms with van der Waals surface area (Å²) in [4.78, 5) is 19.3. The zero-order valence-corrected chi connectivity index (χ0v) is 14.8. The number of rotatable bonds is 4. The van der Waals surface area contributed by atoms with E-state index < -0.39 is 5.41 Å². The predicted molar refractivity (Wildman–Crippen MR) is 92.5 cm³/mol. The van der Waals surface area contributed by atoms with Gasteiger partial charge in [0.25, 0.3) is 0 Å². The second kappa shape index (κ2) is 6.93. The Bertz CT molecular complexity index is 699. The van der Waals surface area contributed by atoms with Gasteiger partial charge < -0.3 is 9.42 Å². The number of alkyl halides is 1. The lowest BCUT2D eigenvalue weighted by Crippen LogP contribution is -2.46. The lowest BCUT2D eigenvalue weighted by atomic mass is 9.91. The molecule has 1 aromatic heterocycles. The monoisotopic (exact) mass is 347 g/mol. The van der Waals surface area contributed by atoms with Crippen molar-refractivity contribution in [2.75, 3.05) is 12.4 Å². The van der Waals surface area contributed by atoms with E-state index in [1.165, 1.54) is 0 Å². The van der Waals surface area contributed by atoms with Gasteiger partial charge in [0.2, 0.25) is 17.6 Å². The Balaban J connectivity index is 1.86. The van der Waals surface area contributed by atoms with Crippen molar-refractivity contribution in [1.29, 1.82) is 0 Å². The second-order valence-corrected chi connectivity index (χ2v) is 7.12. The second-order valence-electron chi connectivity index (χ2n) is 6.85. The number of likely N-dealkylation sites (tertiary alicyclic amines) is 1. The van der Waals surface area contributed by atoms with Gasteiger partial charge in [-0.25, -0.2) is 0 Å². The largest absolute Gasteiger partial charge is 0.337 e. The van der Waals surface area contributed by atoms with Gasteiger partial charge >= 0.3 is 0 Å². The van der Waals surface area contributed by atoms with Crippen LogP contribution < -0.4 is 0 Å². The fraction of sp³-hybridized carbons (Fsp3) is 0.500. The van der Waals surface area contributed by atoms with Gasteiger partial charge in [-0.1, -0.05) is 35.5 Å². The number of nitrogens with zero attached hydrogens (tertiary/aromatic N) is 3. The summed E-state index contributed by atoms with van der Waals surface area (Å²) in [6, 6.07) is 9.53. The maximum absolute atomic E-state index is 12.9. The zero-order chi connectivity index (χ0) is 17.2. The van der Waals surface area contributed by atoms with Crippen molar-refractivity contribution in [3.8, 4) is 11.4 Å². The molecule has 2 heterocycles. The minimum atomic E-state index is -0.598. The third-order valence-electron chi connectivity index (χ3n) is 4.44. The molecule has 0 saturated carbocycles. The molecule has 1 aliphatic heterocycles. The quantitative estimate of drug-likeness (QED) is 0.783. The molecule has 0 aliphatic carbocycles. The van der Waals surface area contributed by atoms with Crippen LogP contribution in [-0.2, 0) is 4.79 Å². The van der Waals surface area contributed by atoms with E-state index in [9.17, 15) is 4.79 Å². The maximum Gasteiger partial charge on any atom is 0.249 e. The summed E-state index contributed by atoms with van der Waals surface area (Å²) in [5.41, 5.74) is 0.307. The molecule has 1 aromatic carbocycles. The molecule has 1 aliphatic rings. The number of carbonyl (C=O) groups excluding carboxylic acids is 1. The molecule has 1 saturated heterocycles. The van der Waals surface area contributed by atoms with Crippen molar-refractivity contribution >= 4 is 17.5 Å². The fourth-order valence-corrected chi connectivity index (χ4v) is 3.07. The van der Waals surface area contributed by atoms with E-state index in [1.54, 1.807) is 0 Å². The van der Waals surface area contributed by atoms with Gasteiger partial charge in [0.05, 0.1) is 5.41 Å². The van der Waals surface area contributed by atoms with Crippen LogP contribution >= 0.6 is 11.6 Å². The van der Waals surface area contributed by atoms with Gasteiger partial charge in [-0.3, -0.25) is 4.79 Å². The van der Waals surface area contributed by atoms with Crippen LogP contribution in [0.4, 0.5) is 0 Å². The first-order valence-electron chi connectivity index (χ1n) is 8.29. The van der Waals surface area contributed by atoms with Crippen molar-refractivity contribution in [2.24, 2.45) is 5.41 Å². The van der Waals surface area contributed by atoms with Gasteiger partial charge in [-0.2, -0.15) is 4.98 Å². The molecular weight excluding hydrogens is 326 g/mol. The molecule has 1 amide bonds. The van der Waals surface area contributed by atoms with Crippen LogP contribution in [0.2, 0.25) is 0 Å². The highest BCUT2D eigenvalue weighted by Gasteiger charge is 2.38. The first kappa shape index (κ1) is 17.0. The Morgan fingerprint density at radius 2 is 2.08 bits per heavy atom. The van der Waals surface area contributed by atoms with E-state index in [1.807, 2.05) is 49.1 Å². The number of amides is 1. The summed E-state index contributed by atoms with van der Waals surface area (Å²) in [7, 11) is 0. The van der Waals surface area contributed by atoms with Gasteiger partial charge in [0.1, 0.15) is 6.04 Å². The Hall–Kier alpha value is -1.88. The van der Waals surface area contributed by atoms with Crippen LogP contribution in [0.15, 0.2) is 34.9 Å². The van der Waals surface area contributed by atoms with Gasteiger partial charge in [-0.15, -0.1) is 11.6 Å². The number of benzene rings is 1. The minimum absolute atomic E-state index is 0.0432. The molecule has 1 fully saturated rings. The summed E-state index contributed by atoms with van der Waals surface area (Å²) < 4.78 is 5.50. The van der Waals surface area contributed by atoms with Crippen LogP contribution in [0.1, 0.15) is 45.0 Å². The smallest absolute Gasteiger partial charge is 0.249 e. The van der Waals surface area contributed by atoms with Crippen molar-refractivity contribution in [3.63, 3.8) is 0 Å². The molecule has 128 valence electrons. The molecular formula is C18H22ClN3O2. The van der Waals surface area contributed by atoms with Gasteiger partial charge in [0.15, 0.2) is 0 Å². The average molecular weight is 348 g/mol. The van der Waals surface area contributed by atoms with Crippen molar-refractivity contribution < 1.29 is 9.32 Å². The standard InChI is InChI=1S/C18H22ClN3O2/c1-18(2,12-19)17(23)22-11-7-6-10-14(22)16-20-15(21-24-16)13-8-4-3-5-9-13/h3-5,8-9,14H,6-7,10-12H2,1-2H3/t14-/m1/s1. The summed E-state index contributed by atoms with van der Waals surface area (Å²) >= 11 is 5.99. The number of carbonyl (C=O) groups is 1. The van der Waals surface area contributed by atoms with Crippen LogP contribution in [0.5, 0.6) is 0 Å². The Morgan fingerprint density at radius 3 is 2.79 bits per heavy atom. The van der Waals surface area contributed by atoms with E-state index in [4.69, 9.17) is 16.1 Å². The summed E-state index contributed by atoms with van der Waals surface area (Å²) in [5.74, 6) is 1.39. The van der Waals surface area contributed by atoms with E-state index >= 15 is 0 Å². The van der Waals surface area contributed by atoms with Gasteiger partial charge in [0, 0.05) is 18.0 Å². The number of halogens is 1. The van der Waals surface area contributed by atoms with Gasteiger partial charge in [-0.05, 0) is 33.1 Å². The Labute approximate surface area is 147 Å². The highest BCUT2D eigenvalue weighted by molar-refractivity contribution is 6.19. The van der Waals surface area contributed by atoms with Crippen molar-refractivity contribution in [2.45, 2.75) is 39.2 Å². The Morgan fingerprint density at radius 1 is 1.33 bits per heavy atom. The van der Waals surface area contributed by atoms with Crippen LogP contribution in [0, 0.1) is 5.41 Å². The van der Waals surface area contributed by atoms with E-state index in [0.29, 0.717) is 18.3 Å². The molecule has 5 nitrogen and oxygen atoms in total. The fourth-order valence-electron chi connectivity index (χ4n) is 2.95. The lowest BCUT2D eigenvalue weighted by molar-refractivity contribution is -0.144. The molecule has 0 N–H and O–H groups in total. The highest BCUT2D eigenvalue weighted by Crippen LogP contribution is 2.34. The molecule has 0 unspecified atom stereocenters. The van der Waals surface area contributed by atoms with E-state index in [0.717, 1.165) is 24.8 Å². The number of piperidine rings is 1. The van der Waals surface area contributed by atoms with Crippen LogP contribution in [0.3, 0.4) is 0 Å². The first-order valence-corrected chi connectivity index (χ1v) is 8.82. The number of aromatic nitrogens is 2. The third-order valence-corrected chi connectivity index (χ3v) is 5.10. The molecule has 0 bridgehead atoms. The zero-order valence-electron chi connectivity index (χ0n) is 14.0. The van der Waals surface area contributed by atoms with Crippen molar-refractivity contribution in [1.82, 2.24) is 15.0 Å². The maximum atomic E-state index is 12.9. The average Bonchev–Trinajstić information content (AvgIpc) is 3.12. The summed E-state index contributed by atoms with van der Waals surface area (Å²) in [5, 5.41) is 4.09. The Kier molecular flexibility index (Phi) is 4.90. The third kappa shape index (κ3) is 3.31. The van der Waals surface area contributed by atoms with Crippen LogP contribution in [-0.4, -0.2) is 33.4 Å². The summed E-state index contributed by atoms with van der Waals surface area (Å²) in [6.45, 7) is 4.45. The highest BCUT2D eigenvalue weighted by atomic mass is 35.5. The molecule has 0 spiro atoms. The molecule has 0 radical (unpaired) electrons. The molecule has 6 heteroatoms. The van der Waals surface area contributed by atoms with E-state index in [2.05, 4.69) is 10.1 Å². The molecule has 3 rings (SSSR count). The lowest BCUT2D eigenvalue weighted by Gasteiger charge is -2.38. The predicted octanol–water partition coefficient (Wildman–Crippen LogP) is 4.06. The summed E-state index contributed by atoms with van der Waals surface area (Å²) in [6.07, 6.45) is 2.86. The SMILES string of the molecule is CC(C)(CCl)C(=O)N1CCCC[C@@H]1c1nc(-c2ccccc2)no1. The molecule has 2 aromatic rings. The normalized spacial score (nSPS) is 18.6. The molecule has 24 heavy (non-hydrogen) atoms. The number of hydrogen-bond donors (Lipinski definition) is 0. The van der Waals surface area contributed by atoms with E-state index in [-0.39, 0.29) is 17.8 Å². The van der Waals surface area contributed by atoms with Crippen molar-refractivity contribution in [3.05, 3.63) is 36.2 Å².